The molecule has 0 saturated heterocycles. The molecule has 3 heteroatoms. The topological polar surface area (TPSA) is 25.8 Å². The van der Waals surface area contributed by atoms with Gasteiger partial charge in [0.05, 0.1) is 11.2 Å². The first kappa shape index (κ1) is 17.8. The maximum Gasteiger partial charge on any atom is 0.160 e. The fraction of sp³-hybridized carbons (Fsp3) is 0. The van der Waals surface area contributed by atoms with Gasteiger partial charge in [-0.15, -0.1) is 0 Å². The number of hydrogen-bond acceptors (Lipinski definition) is 2. The van der Waals surface area contributed by atoms with E-state index in [0.717, 1.165) is 38.0 Å². The van der Waals surface area contributed by atoms with Gasteiger partial charge in [0, 0.05) is 21.0 Å². The number of rotatable bonds is 3. The molecule has 0 fully saturated rings. The zero-order valence-electron chi connectivity index (χ0n) is 15.6. The maximum atomic E-state index is 4.95. The molecule has 5 aromatic rings. The highest BCUT2D eigenvalue weighted by atomic mass is 79.9. The standard InChI is InChI=1S/C26H17BrN2/c27-22-10-6-9-21(17-22)26-28-24-12-5-4-11-23(24)25(29-26)20-15-13-19(14-16-20)18-7-2-1-3-8-18/h1-17H. The molecule has 0 saturated carbocycles. The molecule has 1 heterocycles. The van der Waals surface area contributed by atoms with E-state index in [4.69, 9.17) is 9.97 Å². The van der Waals surface area contributed by atoms with Crippen molar-refractivity contribution in [3.05, 3.63) is 108 Å². The fourth-order valence-corrected chi connectivity index (χ4v) is 3.90. The van der Waals surface area contributed by atoms with Gasteiger partial charge in [-0.1, -0.05) is 101 Å². The quantitative estimate of drug-likeness (QED) is 0.294. The second-order valence-electron chi connectivity index (χ2n) is 6.87. The predicted octanol–water partition coefficient (Wildman–Crippen LogP) is 7.39. The molecule has 0 amide bonds. The van der Waals surface area contributed by atoms with Gasteiger partial charge >= 0.3 is 0 Å². The third-order valence-corrected chi connectivity index (χ3v) is 5.44. The molecule has 5 rings (SSSR count). The van der Waals surface area contributed by atoms with Crippen LogP contribution in [0.5, 0.6) is 0 Å². The number of para-hydroxylation sites is 1. The molecular formula is C26H17BrN2. The van der Waals surface area contributed by atoms with Crippen molar-refractivity contribution in [2.75, 3.05) is 0 Å². The van der Waals surface area contributed by atoms with Crippen molar-refractivity contribution >= 4 is 26.8 Å². The van der Waals surface area contributed by atoms with Crippen LogP contribution >= 0.6 is 15.9 Å². The van der Waals surface area contributed by atoms with Crippen LogP contribution in [0.15, 0.2) is 108 Å². The average Bonchev–Trinajstić information content (AvgIpc) is 2.79. The van der Waals surface area contributed by atoms with Gasteiger partial charge in [0.2, 0.25) is 0 Å². The van der Waals surface area contributed by atoms with E-state index in [1.165, 1.54) is 11.1 Å². The largest absolute Gasteiger partial charge is 0.228 e. The Bertz CT molecular complexity index is 1300. The van der Waals surface area contributed by atoms with E-state index in [1.54, 1.807) is 0 Å². The van der Waals surface area contributed by atoms with E-state index < -0.39 is 0 Å². The Labute approximate surface area is 178 Å². The summed E-state index contributed by atoms with van der Waals surface area (Å²) in [6, 6.07) is 35.3. The number of aromatic nitrogens is 2. The second-order valence-corrected chi connectivity index (χ2v) is 7.78. The molecule has 0 aliphatic rings. The van der Waals surface area contributed by atoms with E-state index in [2.05, 4.69) is 70.5 Å². The molecule has 0 aliphatic carbocycles. The minimum absolute atomic E-state index is 0.729. The summed E-state index contributed by atoms with van der Waals surface area (Å²) < 4.78 is 1.01. The van der Waals surface area contributed by atoms with Crippen molar-refractivity contribution in [2.24, 2.45) is 0 Å². The Morgan fingerprint density at radius 2 is 1.17 bits per heavy atom. The molecule has 0 spiro atoms. The smallest absolute Gasteiger partial charge is 0.160 e. The van der Waals surface area contributed by atoms with Gasteiger partial charge in [-0.25, -0.2) is 9.97 Å². The Morgan fingerprint density at radius 3 is 1.97 bits per heavy atom. The molecule has 1 aromatic heterocycles. The second kappa shape index (κ2) is 7.61. The molecule has 0 radical (unpaired) electrons. The molecule has 0 bridgehead atoms. The van der Waals surface area contributed by atoms with Gasteiger partial charge in [-0.05, 0) is 29.3 Å². The van der Waals surface area contributed by atoms with Crippen molar-refractivity contribution in [1.82, 2.24) is 9.97 Å². The first-order chi connectivity index (χ1) is 14.3. The zero-order valence-corrected chi connectivity index (χ0v) is 17.2. The first-order valence-electron chi connectivity index (χ1n) is 9.46. The summed E-state index contributed by atoms with van der Waals surface area (Å²) in [5.41, 5.74) is 6.37. The Kier molecular flexibility index (Phi) is 4.66. The molecular weight excluding hydrogens is 420 g/mol. The Morgan fingerprint density at radius 1 is 0.517 bits per heavy atom. The molecule has 0 aliphatic heterocycles. The monoisotopic (exact) mass is 436 g/mol. The molecule has 29 heavy (non-hydrogen) atoms. The molecule has 4 aromatic carbocycles. The number of benzene rings is 4. The highest BCUT2D eigenvalue weighted by molar-refractivity contribution is 9.10. The van der Waals surface area contributed by atoms with Crippen molar-refractivity contribution in [3.8, 4) is 33.8 Å². The molecule has 0 N–H and O–H groups in total. The predicted molar refractivity (Wildman–Crippen MR) is 124 cm³/mol. The van der Waals surface area contributed by atoms with Crippen LogP contribution in [0, 0.1) is 0 Å². The summed E-state index contributed by atoms with van der Waals surface area (Å²) >= 11 is 3.55. The van der Waals surface area contributed by atoms with Gasteiger partial charge in [-0.3, -0.25) is 0 Å². The summed E-state index contributed by atoms with van der Waals surface area (Å²) in [5.74, 6) is 0.729. The van der Waals surface area contributed by atoms with Crippen LogP contribution in [0.2, 0.25) is 0 Å². The normalized spacial score (nSPS) is 10.9. The molecule has 138 valence electrons. The highest BCUT2D eigenvalue weighted by Gasteiger charge is 2.11. The summed E-state index contributed by atoms with van der Waals surface area (Å²) in [4.78, 5) is 9.76. The van der Waals surface area contributed by atoms with Crippen molar-refractivity contribution in [1.29, 1.82) is 0 Å². The summed E-state index contributed by atoms with van der Waals surface area (Å²) in [6.45, 7) is 0. The third-order valence-electron chi connectivity index (χ3n) is 4.95. The summed E-state index contributed by atoms with van der Waals surface area (Å²) in [5, 5.41) is 1.05. The van der Waals surface area contributed by atoms with Crippen LogP contribution < -0.4 is 0 Å². The van der Waals surface area contributed by atoms with Gasteiger partial charge in [0.15, 0.2) is 5.82 Å². The van der Waals surface area contributed by atoms with Crippen LogP contribution in [-0.2, 0) is 0 Å². The Hall–Kier alpha value is -3.30. The van der Waals surface area contributed by atoms with Gasteiger partial charge in [-0.2, -0.15) is 0 Å². The average molecular weight is 437 g/mol. The maximum absolute atomic E-state index is 4.95. The SMILES string of the molecule is Brc1cccc(-c2nc(-c3ccc(-c4ccccc4)cc3)c3ccccc3n2)c1. The number of fused-ring (bicyclic) bond motifs is 1. The Balaban J connectivity index is 1.66. The molecule has 2 nitrogen and oxygen atoms in total. The van der Waals surface area contributed by atoms with E-state index in [-0.39, 0.29) is 0 Å². The zero-order chi connectivity index (χ0) is 19.6. The van der Waals surface area contributed by atoms with Crippen molar-refractivity contribution in [2.45, 2.75) is 0 Å². The van der Waals surface area contributed by atoms with E-state index >= 15 is 0 Å². The lowest BCUT2D eigenvalue weighted by Gasteiger charge is -2.10. The minimum Gasteiger partial charge on any atom is -0.228 e. The van der Waals surface area contributed by atoms with Crippen molar-refractivity contribution in [3.63, 3.8) is 0 Å². The van der Waals surface area contributed by atoms with Crippen LogP contribution in [0.1, 0.15) is 0 Å². The van der Waals surface area contributed by atoms with E-state index in [9.17, 15) is 0 Å². The lowest BCUT2D eigenvalue weighted by molar-refractivity contribution is 1.23. The molecule has 0 atom stereocenters. The number of halogens is 1. The first-order valence-corrected chi connectivity index (χ1v) is 10.3. The molecule has 0 unspecified atom stereocenters. The van der Waals surface area contributed by atoms with Gasteiger partial charge in [0.1, 0.15) is 0 Å². The van der Waals surface area contributed by atoms with Crippen LogP contribution in [0.3, 0.4) is 0 Å². The van der Waals surface area contributed by atoms with Crippen LogP contribution in [0.4, 0.5) is 0 Å². The van der Waals surface area contributed by atoms with Gasteiger partial charge in [0.25, 0.3) is 0 Å². The van der Waals surface area contributed by atoms with Crippen LogP contribution in [-0.4, -0.2) is 9.97 Å². The van der Waals surface area contributed by atoms with Gasteiger partial charge < -0.3 is 0 Å². The lowest BCUT2D eigenvalue weighted by atomic mass is 10.0. The van der Waals surface area contributed by atoms with E-state index in [0.29, 0.717) is 0 Å². The van der Waals surface area contributed by atoms with Crippen LogP contribution in [0.25, 0.3) is 44.7 Å². The van der Waals surface area contributed by atoms with Crippen molar-refractivity contribution < 1.29 is 0 Å². The number of hydrogen-bond donors (Lipinski definition) is 0. The number of nitrogens with zero attached hydrogens (tertiary/aromatic N) is 2. The summed E-state index contributed by atoms with van der Waals surface area (Å²) in [7, 11) is 0. The van der Waals surface area contributed by atoms with E-state index in [1.807, 2.05) is 48.5 Å². The minimum atomic E-state index is 0.729. The highest BCUT2D eigenvalue weighted by Crippen LogP contribution is 2.31. The fourth-order valence-electron chi connectivity index (χ4n) is 3.50. The third kappa shape index (κ3) is 3.57. The lowest BCUT2D eigenvalue weighted by Crippen LogP contribution is -1.95. The summed E-state index contributed by atoms with van der Waals surface area (Å²) in [6.07, 6.45) is 0.